The summed E-state index contributed by atoms with van der Waals surface area (Å²) < 4.78 is 2.65. The molecular weight excluding hydrogens is 210 g/mol. The molecule has 0 fully saturated rings. The van der Waals surface area contributed by atoms with Crippen LogP contribution in [0.5, 0.6) is 0 Å². The number of rotatable bonds is 5. The van der Waals surface area contributed by atoms with Crippen molar-refractivity contribution in [1.82, 2.24) is 14.7 Å². The van der Waals surface area contributed by atoms with Crippen LogP contribution in [0, 0.1) is 0 Å². The summed E-state index contributed by atoms with van der Waals surface area (Å²) in [5.41, 5.74) is 0.780. The Morgan fingerprint density at radius 2 is 2.69 bits per heavy atom. The minimum absolute atomic E-state index is 0.364. The maximum Gasteiger partial charge on any atom is 0.321 e. The Hall–Kier alpha value is -0.660. The molecule has 0 amide bonds. The van der Waals surface area contributed by atoms with Gasteiger partial charge in [-0.05, 0) is 11.0 Å². The molecule has 0 aliphatic carbocycles. The zero-order valence-electron chi connectivity index (χ0n) is 6.60. The van der Waals surface area contributed by atoms with Crippen LogP contribution in [0.4, 0.5) is 0 Å². The van der Waals surface area contributed by atoms with Gasteiger partial charge in [0.25, 0.3) is 0 Å². The predicted octanol–water partition coefficient (Wildman–Crippen LogP) is 0.488. The molecule has 0 aromatic carbocycles. The van der Waals surface area contributed by atoms with E-state index in [4.69, 9.17) is 5.11 Å². The number of aromatic amines is 1. The highest BCUT2D eigenvalue weighted by molar-refractivity contribution is 8.67. The van der Waals surface area contributed by atoms with Crippen molar-refractivity contribution in [3.8, 4) is 0 Å². The summed E-state index contributed by atoms with van der Waals surface area (Å²) in [6.07, 6.45) is 3.48. The van der Waals surface area contributed by atoms with Gasteiger partial charge in [0, 0.05) is 18.3 Å². The third kappa shape index (κ3) is 3.29. The number of carboxylic acids is 1. The number of aliphatic carboxylic acids is 1. The molecule has 0 unspecified atom stereocenters. The van der Waals surface area contributed by atoms with Gasteiger partial charge in [0.15, 0.2) is 0 Å². The molecule has 0 aliphatic heterocycles. The summed E-state index contributed by atoms with van der Waals surface area (Å²) in [5, 5.41) is 8.76. The van der Waals surface area contributed by atoms with Gasteiger partial charge in [-0.15, -0.1) is 0 Å². The van der Waals surface area contributed by atoms with Crippen molar-refractivity contribution < 1.29 is 9.90 Å². The Morgan fingerprint density at radius 3 is 3.15 bits per heavy atom. The summed E-state index contributed by atoms with van der Waals surface area (Å²) in [7, 11) is 0.989. The van der Waals surface area contributed by atoms with Gasteiger partial charge < -0.3 is 10.1 Å². The first kappa shape index (κ1) is 10.4. The molecule has 0 spiro atoms. The number of aromatic nitrogens is 2. The van der Waals surface area contributed by atoms with E-state index in [1.54, 1.807) is 6.20 Å². The Labute approximate surface area is 84.3 Å². The van der Waals surface area contributed by atoms with Gasteiger partial charge in [-0.1, -0.05) is 11.7 Å². The van der Waals surface area contributed by atoms with E-state index in [0.29, 0.717) is 6.42 Å². The van der Waals surface area contributed by atoms with Gasteiger partial charge in [0.05, 0.1) is 6.33 Å². The van der Waals surface area contributed by atoms with E-state index in [9.17, 15) is 4.79 Å². The third-order valence-electron chi connectivity index (χ3n) is 1.47. The van der Waals surface area contributed by atoms with Crippen LogP contribution in [0.3, 0.4) is 0 Å². The molecule has 0 radical (unpaired) electrons. The minimum Gasteiger partial charge on any atom is -0.480 e. The third-order valence-corrected chi connectivity index (χ3v) is 2.18. The number of hydrogen-bond acceptors (Lipinski definition) is 5. The van der Waals surface area contributed by atoms with Crippen molar-refractivity contribution in [2.24, 2.45) is 0 Å². The summed E-state index contributed by atoms with van der Waals surface area (Å²) in [4.78, 5) is 17.3. The van der Waals surface area contributed by atoms with Crippen LogP contribution < -0.4 is 4.72 Å². The number of H-pyrrole nitrogens is 1. The van der Waals surface area contributed by atoms with Gasteiger partial charge >= 0.3 is 5.97 Å². The molecule has 0 bridgehead atoms. The topological polar surface area (TPSA) is 78.0 Å². The Balaban J connectivity index is 2.52. The lowest BCUT2D eigenvalue weighted by Crippen LogP contribution is -2.33. The van der Waals surface area contributed by atoms with E-state index in [1.807, 2.05) is 0 Å². The normalized spacial score (nSPS) is 12.7. The van der Waals surface area contributed by atoms with Crippen molar-refractivity contribution in [2.75, 3.05) is 0 Å². The van der Waals surface area contributed by atoms with E-state index in [1.165, 1.54) is 6.33 Å². The molecule has 5 nitrogen and oxygen atoms in total. The van der Waals surface area contributed by atoms with Crippen molar-refractivity contribution in [1.29, 1.82) is 0 Å². The first-order valence-electron chi connectivity index (χ1n) is 3.50. The van der Waals surface area contributed by atoms with Crippen LogP contribution in [-0.4, -0.2) is 27.1 Å². The fourth-order valence-electron chi connectivity index (χ4n) is 0.859. The van der Waals surface area contributed by atoms with Gasteiger partial charge in [-0.2, -0.15) is 0 Å². The van der Waals surface area contributed by atoms with E-state index >= 15 is 0 Å². The second-order valence-electron chi connectivity index (χ2n) is 2.38. The molecule has 3 N–H and O–H groups in total. The SMILES string of the molecule is O=C(O)[C@H](Cc1cnc[nH]1)NSS. The molecule has 7 heteroatoms. The second-order valence-corrected chi connectivity index (χ2v) is 3.35. The van der Waals surface area contributed by atoms with Crippen molar-refractivity contribution in [3.05, 3.63) is 18.2 Å². The quantitative estimate of drug-likeness (QED) is 0.329. The average molecular weight is 219 g/mol. The van der Waals surface area contributed by atoms with Crippen LogP contribution in [-0.2, 0) is 11.2 Å². The van der Waals surface area contributed by atoms with Crippen molar-refractivity contribution in [3.63, 3.8) is 0 Å². The highest BCUT2D eigenvalue weighted by atomic mass is 33.1. The van der Waals surface area contributed by atoms with Gasteiger partial charge in [-0.3, -0.25) is 4.79 Å². The lowest BCUT2D eigenvalue weighted by molar-refractivity contribution is -0.138. The first-order chi connectivity index (χ1) is 6.24. The number of carboxylic acid groups (broad SMARTS) is 1. The van der Waals surface area contributed by atoms with Crippen LogP contribution in [0.2, 0.25) is 0 Å². The summed E-state index contributed by atoms with van der Waals surface area (Å²) in [5.74, 6) is -0.906. The van der Waals surface area contributed by atoms with Crippen molar-refractivity contribution >= 4 is 28.6 Å². The minimum atomic E-state index is -0.906. The Bertz CT molecular complexity index is 265. The molecule has 1 rings (SSSR count). The molecular formula is C6H9N3O2S2. The lowest BCUT2D eigenvalue weighted by Gasteiger charge is -2.09. The molecule has 1 aromatic heterocycles. The van der Waals surface area contributed by atoms with Crippen LogP contribution in [0.15, 0.2) is 12.5 Å². The molecule has 1 aromatic rings. The lowest BCUT2D eigenvalue weighted by atomic mass is 10.2. The number of nitrogens with one attached hydrogen (secondary N) is 2. The zero-order chi connectivity index (χ0) is 9.68. The number of thiol groups is 1. The number of imidazole rings is 1. The number of hydrogen-bond donors (Lipinski definition) is 4. The Morgan fingerprint density at radius 1 is 1.92 bits per heavy atom. The summed E-state index contributed by atoms with van der Waals surface area (Å²) in [6, 6.07) is -0.650. The summed E-state index contributed by atoms with van der Waals surface area (Å²) in [6.45, 7) is 0. The first-order valence-corrected chi connectivity index (χ1v) is 5.37. The van der Waals surface area contributed by atoms with Crippen LogP contribution >= 0.6 is 22.6 Å². The fraction of sp³-hybridized carbons (Fsp3) is 0.333. The monoisotopic (exact) mass is 219 g/mol. The summed E-state index contributed by atoms with van der Waals surface area (Å²) >= 11 is 3.82. The molecule has 1 heterocycles. The standard InChI is InChI=1S/C6H9N3O2S2/c10-6(11)5(9-13-12)1-4-2-7-3-8-4/h2-3,5,9,12H,1H2,(H,7,8)(H,10,11)/t5-/m0/s1. The van der Waals surface area contributed by atoms with E-state index < -0.39 is 12.0 Å². The Kier molecular flexibility index (Phi) is 4.13. The molecule has 0 saturated heterocycles. The zero-order valence-corrected chi connectivity index (χ0v) is 8.31. The largest absolute Gasteiger partial charge is 0.480 e. The maximum atomic E-state index is 10.7. The van der Waals surface area contributed by atoms with Crippen molar-refractivity contribution in [2.45, 2.75) is 12.5 Å². The van der Waals surface area contributed by atoms with E-state index in [0.717, 1.165) is 16.7 Å². The molecule has 0 saturated carbocycles. The molecule has 1 atom stereocenters. The maximum absolute atomic E-state index is 10.7. The smallest absolute Gasteiger partial charge is 0.321 e. The van der Waals surface area contributed by atoms with Gasteiger partial charge in [-0.25, -0.2) is 9.71 Å². The second kappa shape index (κ2) is 5.15. The molecule has 13 heavy (non-hydrogen) atoms. The number of nitrogens with zero attached hydrogens (tertiary/aromatic N) is 1. The van der Waals surface area contributed by atoms with Gasteiger partial charge in [0.1, 0.15) is 6.04 Å². The predicted molar refractivity (Wildman–Crippen MR) is 53.4 cm³/mol. The fourth-order valence-corrected chi connectivity index (χ4v) is 1.55. The van der Waals surface area contributed by atoms with E-state index in [-0.39, 0.29) is 0 Å². The van der Waals surface area contributed by atoms with Gasteiger partial charge in [0.2, 0.25) is 0 Å². The highest BCUT2D eigenvalue weighted by Gasteiger charge is 2.17. The molecule has 72 valence electrons. The number of carbonyl (C=O) groups is 1. The highest BCUT2D eigenvalue weighted by Crippen LogP contribution is 2.05. The van der Waals surface area contributed by atoms with Crippen LogP contribution in [0.1, 0.15) is 5.69 Å². The molecule has 0 aliphatic rings. The van der Waals surface area contributed by atoms with E-state index in [2.05, 4.69) is 26.4 Å². The van der Waals surface area contributed by atoms with Crippen LogP contribution in [0.25, 0.3) is 0 Å². The average Bonchev–Trinajstić information content (AvgIpc) is 2.56.